The van der Waals surface area contributed by atoms with Crippen LogP contribution < -0.4 is 5.32 Å². The smallest absolute Gasteiger partial charge is 0.257 e. The zero-order valence-electron chi connectivity index (χ0n) is 14.8. The molecule has 3 aromatic rings. The minimum Gasteiger partial charge on any atom is -0.298 e. The molecule has 0 fully saturated rings. The zero-order chi connectivity index (χ0) is 20.5. The molecule has 0 atom stereocenters. The second-order valence-corrected chi connectivity index (χ2v) is 8.94. The van der Waals surface area contributed by atoms with E-state index in [0.29, 0.717) is 0 Å². The Morgan fingerprint density at radius 3 is 2.39 bits per heavy atom. The fourth-order valence-electron chi connectivity index (χ4n) is 2.31. The minimum atomic E-state index is -3.58. The normalized spacial score (nSPS) is 11.6. The molecule has 0 aliphatic carbocycles. The molecule has 146 valence electrons. The summed E-state index contributed by atoms with van der Waals surface area (Å²) in [5.74, 6) is -1.93. The lowest BCUT2D eigenvalue weighted by molar-refractivity contribution is 0.102. The number of thiazole rings is 1. The summed E-state index contributed by atoms with van der Waals surface area (Å²) in [4.78, 5) is 16.5. The van der Waals surface area contributed by atoms with Crippen LogP contribution in [0, 0.1) is 11.6 Å². The molecule has 1 heterocycles. The van der Waals surface area contributed by atoms with Crippen LogP contribution >= 0.6 is 11.3 Å². The molecule has 0 saturated carbocycles. The summed E-state index contributed by atoms with van der Waals surface area (Å²) in [5.41, 5.74) is 0.629. The first-order valence-electron chi connectivity index (χ1n) is 7.93. The van der Waals surface area contributed by atoms with Crippen LogP contribution in [-0.4, -0.2) is 37.7 Å². The van der Waals surface area contributed by atoms with Crippen molar-refractivity contribution in [1.82, 2.24) is 9.29 Å². The number of hydrogen-bond acceptors (Lipinski definition) is 5. The molecule has 1 N–H and O–H groups in total. The fourth-order valence-corrected chi connectivity index (χ4v) is 3.92. The Balaban J connectivity index is 1.76. The zero-order valence-corrected chi connectivity index (χ0v) is 16.4. The minimum absolute atomic E-state index is 0.0670. The van der Waals surface area contributed by atoms with Crippen molar-refractivity contribution in [3.8, 4) is 11.3 Å². The van der Waals surface area contributed by atoms with Gasteiger partial charge in [-0.25, -0.2) is 26.5 Å². The lowest BCUT2D eigenvalue weighted by Gasteiger charge is -2.11. The van der Waals surface area contributed by atoms with Crippen LogP contribution in [0.3, 0.4) is 0 Å². The average Bonchev–Trinajstić information content (AvgIpc) is 3.09. The van der Waals surface area contributed by atoms with Gasteiger partial charge < -0.3 is 0 Å². The van der Waals surface area contributed by atoms with Gasteiger partial charge in [0.2, 0.25) is 10.0 Å². The van der Waals surface area contributed by atoms with Crippen molar-refractivity contribution in [2.45, 2.75) is 4.90 Å². The van der Waals surface area contributed by atoms with Crippen LogP contribution in [-0.2, 0) is 10.0 Å². The molecular weight excluding hydrogens is 408 g/mol. The number of nitrogens with one attached hydrogen (secondary N) is 1. The molecular formula is C18H15F2N3O3S2. The van der Waals surface area contributed by atoms with Gasteiger partial charge in [-0.1, -0.05) is 0 Å². The number of benzene rings is 2. The van der Waals surface area contributed by atoms with Gasteiger partial charge in [0.05, 0.1) is 10.6 Å². The van der Waals surface area contributed by atoms with E-state index in [4.69, 9.17) is 0 Å². The Morgan fingerprint density at radius 2 is 1.79 bits per heavy atom. The molecule has 3 rings (SSSR count). The van der Waals surface area contributed by atoms with Crippen molar-refractivity contribution in [3.63, 3.8) is 0 Å². The number of nitrogens with zero attached hydrogens (tertiary/aromatic N) is 2. The Hall–Kier alpha value is -2.69. The maximum atomic E-state index is 13.8. The standard InChI is InChI=1S/C18H15F2N3O3S2/c1-23(2)28(25,26)13-6-3-11(4-7-13)17(24)22-18-21-16(10-27-18)14-8-5-12(19)9-15(14)20/h3-10H,1-2H3,(H,21,22,24). The number of rotatable bonds is 5. The number of aromatic nitrogens is 1. The lowest BCUT2D eigenvalue weighted by Crippen LogP contribution is -2.22. The maximum Gasteiger partial charge on any atom is 0.257 e. The summed E-state index contributed by atoms with van der Waals surface area (Å²) in [7, 11) is -0.750. The van der Waals surface area contributed by atoms with E-state index in [1.165, 1.54) is 44.4 Å². The van der Waals surface area contributed by atoms with E-state index in [9.17, 15) is 22.0 Å². The molecule has 0 saturated heterocycles. The summed E-state index contributed by atoms with van der Waals surface area (Å²) in [6.45, 7) is 0. The van der Waals surface area contributed by atoms with Gasteiger partial charge in [0, 0.05) is 36.7 Å². The molecule has 0 aliphatic rings. The molecule has 6 nitrogen and oxygen atoms in total. The maximum absolute atomic E-state index is 13.8. The first-order valence-corrected chi connectivity index (χ1v) is 10.3. The molecule has 1 amide bonds. The number of amides is 1. The van der Waals surface area contributed by atoms with Gasteiger partial charge in [-0.2, -0.15) is 0 Å². The summed E-state index contributed by atoms with van der Waals surface area (Å²) < 4.78 is 52.1. The number of carbonyl (C=O) groups is 1. The third-order valence-corrected chi connectivity index (χ3v) is 6.41. The van der Waals surface area contributed by atoms with Gasteiger partial charge in [0.25, 0.3) is 5.91 Å². The van der Waals surface area contributed by atoms with Crippen molar-refractivity contribution in [2.24, 2.45) is 0 Å². The van der Waals surface area contributed by atoms with Crippen LogP contribution in [0.25, 0.3) is 11.3 Å². The third kappa shape index (κ3) is 4.08. The average molecular weight is 423 g/mol. The molecule has 0 aliphatic heterocycles. The molecule has 2 aromatic carbocycles. The van der Waals surface area contributed by atoms with Gasteiger partial charge in [-0.15, -0.1) is 11.3 Å². The van der Waals surface area contributed by atoms with Crippen LogP contribution in [0.4, 0.5) is 13.9 Å². The Labute approximate surface area is 164 Å². The van der Waals surface area contributed by atoms with E-state index < -0.39 is 27.6 Å². The van der Waals surface area contributed by atoms with Gasteiger partial charge in [0.1, 0.15) is 11.6 Å². The summed E-state index contributed by atoms with van der Waals surface area (Å²) >= 11 is 1.09. The third-order valence-electron chi connectivity index (χ3n) is 3.83. The van der Waals surface area contributed by atoms with Crippen molar-refractivity contribution < 1.29 is 22.0 Å². The molecule has 0 bridgehead atoms. The van der Waals surface area contributed by atoms with Crippen molar-refractivity contribution in [3.05, 3.63) is 65.0 Å². The second-order valence-electron chi connectivity index (χ2n) is 5.93. The van der Waals surface area contributed by atoms with E-state index in [2.05, 4.69) is 10.3 Å². The topological polar surface area (TPSA) is 79.4 Å². The highest BCUT2D eigenvalue weighted by Gasteiger charge is 2.18. The van der Waals surface area contributed by atoms with Crippen LogP contribution in [0.5, 0.6) is 0 Å². The Bertz CT molecular complexity index is 1130. The summed E-state index contributed by atoms with van der Waals surface area (Å²) in [6, 6.07) is 8.61. The first-order chi connectivity index (χ1) is 13.2. The van der Waals surface area contributed by atoms with Crippen molar-refractivity contribution >= 4 is 32.4 Å². The Morgan fingerprint density at radius 1 is 1.11 bits per heavy atom. The van der Waals surface area contributed by atoms with E-state index in [0.717, 1.165) is 27.8 Å². The van der Waals surface area contributed by atoms with Gasteiger partial charge in [-0.3, -0.25) is 10.1 Å². The highest BCUT2D eigenvalue weighted by Crippen LogP contribution is 2.27. The molecule has 0 spiro atoms. The second kappa shape index (κ2) is 7.74. The summed E-state index contributed by atoms with van der Waals surface area (Å²) in [6.07, 6.45) is 0. The van der Waals surface area contributed by atoms with Crippen LogP contribution in [0.2, 0.25) is 0 Å². The van der Waals surface area contributed by atoms with Crippen LogP contribution in [0.15, 0.2) is 52.7 Å². The van der Waals surface area contributed by atoms with Crippen molar-refractivity contribution in [1.29, 1.82) is 0 Å². The SMILES string of the molecule is CN(C)S(=O)(=O)c1ccc(C(=O)Nc2nc(-c3ccc(F)cc3F)cs2)cc1. The van der Waals surface area contributed by atoms with E-state index >= 15 is 0 Å². The molecule has 0 unspecified atom stereocenters. The quantitative estimate of drug-likeness (QED) is 0.680. The van der Waals surface area contributed by atoms with E-state index in [1.807, 2.05) is 0 Å². The fraction of sp³-hybridized carbons (Fsp3) is 0.111. The Kier molecular flexibility index (Phi) is 5.54. The van der Waals surface area contributed by atoms with E-state index in [-0.39, 0.29) is 26.8 Å². The largest absolute Gasteiger partial charge is 0.298 e. The van der Waals surface area contributed by atoms with Gasteiger partial charge >= 0.3 is 0 Å². The number of carbonyl (C=O) groups excluding carboxylic acids is 1. The van der Waals surface area contributed by atoms with Crippen molar-refractivity contribution in [2.75, 3.05) is 19.4 Å². The number of hydrogen-bond donors (Lipinski definition) is 1. The molecule has 28 heavy (non-hydrogen) atoms. The van der Waals surface area contributed by atoms with E-state index in [1.54, 1.807) is 5.38 Å². The number of sulfonamides is 1. The van der Waals surface area contributed by atoms with Gasteiger partial charge in [0.15, 0.2) is 5.13 Å². The predicted octanol–water partition coefficient (Wildman–Crippen LogP) is 3.59. The predicted molar refractivity (Wildman–Crippen MR) is 103 cm³/mol. The highest BCUT2D eigenvalue weighted by atomic mass is 32.2. The lowest BCUT2D eigenvalue weighted by atomic mass is 10.1. The number of anilines is 1. The number of halogens is 2. The van der Waals surface area contributed by atoms with Gasteiger partial charge in [-0.05, 0) is 36.4 Å². The van der Waals surface area contributed by atoms with Crippen LogP contribution in [0.1, 0.15) is 10.4 Å². The molecule has 10 heteroatoms. The molecule has 1 aromatic heterocycles. The highest BCUT2D eigenvalue weighted by molar-refractivity contribution is 7.89. The monoisotopic (exact) mass is 423 g/mol. The molecule has 0 radical (unpaired) electrons. The summed E-state index contributed by atoms with van der Waals surface area (Å²) in [5, 5.41) is 4.34. The first kappa shape index (κ1) is 20.1.